The van der Waals surface area contributed by atoms with Gasteiger partial charge in [0.15, 0.2) is 0 Å². The monoisotopic (exact) mass is 184 g/mol. The number of aliphatic carboxylic acids is 1. The van der Waals surface area contributed by atoms with Gasteiger partial charge < -0.3 is 15.7 Å². The number of rotatable bonds is 3. The van der Waals surface area contributed by atoms with E-state index in [4.69, 9.17) is 5.11 Å². The molecule has 2 heterocycles. The molecule has 0 aromatic heterocycles. The van der Waals surface area contributed by atoms with Gasteiger partial charge in [0, 0.05) is 0 Å². The van der Waals surface area contributed by atoms with Crippen LogP contribution in [0.25, 0.3) is 0 Å². The van der Waals surface area contributed by atoms with E-state index in [2.05, 4.69) is 10.6 Å². The highest BCUT2D eigenvalue weighted by Crippen LogP contribution is 2.43. The molecule has 0 aromatic rings. The van der Waals surface area contributed by atoms with E-state index in [1.54, 1.807) is 0 Å². The average molecular weight is 184 g/mol. The lowest BCUT2D eigenvalue weighted by Crippen LogP contribution is -2.56. The molecule has 1 aliphatic carbocycles. The molecule has 1 saturated carbocycles. The van der Waals surface area contributed by atoms with Crippen LogP contribution < -0.4 is 10.6 Å². The molecule has 72 valence electrons. The van der Waals surface area contributed by atoms with Gasteiger partial charge in [-0.1, -0.05) is 0 Å². The largest absolute Gasteiger partial charge is 0.480 e. The first-order valence-electron chi connectivity index (χ1n) is 4.37. The van der Waals surface area contributed by atoms with Gasteiger partial charge in [-0.25, -0.2) is 0 Å². The number of nitrogens with one attached hydrogen (secondary N) is 2. The normalized spacial score (nSPS) is 35.2. The van der Waals surface area contributed by atoms with Gasteiger partial charge in [-0.2, -0.15) is 0 Å². The van der Waals surface area contributed by atoms with Gasteiger partial charge in [-0.05, 0) is 25.3 Å². The Labute approximate surface area is 75.5 Å². The van der Waals surface area contributed by atoms with E-state index in [-0.39, 0.29) is 12.5 Å². The summed E-state index contributed by atoms with van der Waals surface area (Å²) < 4.78 is 0. The van der Waals surface area contributed by atoms with E-state index in [0.29, 0.717) is 5.92 Å². The van der Waals surface area contributed by atoms with Gasteiger partial charge in [-0.15, -0.1) is 0 Å². The lowest BCUT2D eigenvalue weighted by Gasteiger charge is -2.35. The Balaban J connectivity index is 1.87. The summed E-state index contributed by atoms with van der Waals surface area (Å²) in [6.07, 6.45) is 1.72. The highest BCUT2D eigenvalue weighted by Gasteiger charge is 2.55. The SMILES string of the molecule is O=C(O)CNC(=O)C12CC(CN1)C2. The molecule has 3 N–H and O–H groups in total. The summed E-state index contributed by atoms with van der Waals surface area (Å²) in [4.78, 5) is 21.7. The van der Waals surface area contributed by atoms with Crippen LogP contribution in [0.15, 0.2) is 0 Å². The molecule has 3 rings (SSSR count). The minimum Gasteiger partial charge on any atom is -0.480 e. The second kappa shape index (κ2) is 2.70. The summed E-state index contributed by atoms with van der Waals surface area (Å²) in [5.41, 5.74) is -0.430. The van der Waals surface area contributed by atoms with Crippen LogP contribution in [0.3, 0.4) is 0 Å². The van der Waals surface area contributed by atoms with Crippen LogP contribution in [0, 0.1) is 5.92 Å². The zero-order valence-corrected chi connectivity index (χ0v) is 7.17. The molecule has 2 aliphatic heterocycles. The van der Waals surface area contributed by atoms with Crippen LogP contribution in [0.5, 0.6) is 0 Å². The number of amides is 1. The molecule has 2 bridgehead atoms. The van der Waals surface area contributed by atoms with Crippen molar-refractivity contribution in [1.29, 1.82) is 0 Å². The second-order valence-electron chi connectivity index (χ2n) is 3.81. The number of carboxylic acid groups (broad SMARTS) is 1. The van der Waals surface area contributed by atoms with Crippen LogP contribution in [0.4, 0.5) is 0 Å². The van der Waals surface area contributed by atoms with Gasteiger partial charge in [0.25, 0.3) is 0 Å². The average Bonchev–Trinajstić information content (AvgIpc) is 2.56. The van der Waals surface area contributed by atoms with Crippen molar-refractivity contribution >= 4 is 11.9 Å². The number of carbonyl (C=O) groups excluding carboxylic acids is 1. The molecule has 3 fully saturated rings. The predicted octanol–water partition coefficient (Wildman–Crippen LogP) is -1.06. The maximum atomic E-state index is 11.5. The van der Waals surface area contributed by atoms with E-state index >= 15 is 0 Å². The molecule has 0 radical (unpaired) electrons. The summed E-state index contributed by atoms with van der Waals surface area (Å²) in [5, 5.41) is 13.9. The van der Waals surface area contributed by atoms with Crippen molar-refractivity contribution in [2.24, 2.45) is 5.92 Å². The topological polar surface area (TPSA) is 78.4 Å². The van der Waals surface area contributed by atoms with Crippen LogP contribution in [-0.2, 0) is 9.59 Å². The molecule has 2 saturated heterocycles. The fourth-order valence-electron chi connectivity index (χ4n) is 2.14. The van der Waals surface area contributed by atoms with E-state index in [9.17, 15) is 9.59 Å². The van der Waals surface area contributed by atoms with E-state index in [1.807, 2.05) is 0 Å². The van der Waals surface area contributed by atoms with Crippen LogP contribution in [-0.4, -0.2) is 35.6 Å². The van der Waals surface area contributed by atoms with Crippen molar-refractivity contribution in [2.75, 3.05) is 13.1 Å². The fraction of sp³-hybridized carbons (Fsp3) is 0.750. The third-order valence-corrected chi connectivity index (χ3v) is 2.84. The standard InChI is InChI=1S/C8H12N2O3/c11-6(12)4-9-7(13)8-1-5(2-8)3-10-8/h5,10H,1-4H2,(H,9,13)(H,11,12). The van der Waals surface area contributed by atoms with Gasteiger partial charge >= 0.3 is 5.97 Å². The van der Waals surface area contributed by atoms with Gasteiger partial charge in [0.2, 0.25) is 5.91 Å². The fourth-order valence-corrected chi connectivity index (χ4v) is 2.14. The van der Waals surface area contributed by atoms with Crippen molar-refractivity contribution in [3.05, 3.63) is 0 Å². The van der Waals surface area contributed by atoms with Crippen molar-refractivity contribution < 1.29 is 14.7 Å². The number of hydrogen-bond acceptors (Lipinski definition) is 3. The van der Waals surface area contributed by atoms with Crippen molar-refractivity contribution in [1.82, 2.24) is 10.6 Å². The first-order valence-corrected chi connectivity index (χ1v) is 4.37. The Morgan fingerprint density at radius 3 is 2.69 bits per heavy atom. The third-order valence-electron chi connectivity index (χ3n) is 2.84. The first-order chi connectivity index (χ1) is 6.12. The molecular weight excluding hydrogens is 172 g/mol. The summed E-state index contributed by atoms with van der Waals surface area (Å²) in [5.74, 6) is -0.544. The number of fused-ring (bicyclic) bond motifs is 1. The minimum atomic E-state index is -1.00. The third kappa shape index (κ3) is 1.29. The quantitative estimate of drug-likeness (QED) is 0.522. The molecule has 0 atom stereocenters. The van der Waals surface area contributed by atoms with Crippen molar-refractivity contribution in [3.8, 4) is 0 Å². The molecular formula is C8H12N2O3. The van der Waals surface area contributed by atoms with Crippen LogP contribution in [0.1, 0.15) is 12.8 Å². The van der Waals surface area contributed by atoms with Crippen molar-refractivity contribution in [2.45, 2.75) is 18.4 Å². The molecule has 0 unspecified atom stereocenters. The van der Waals surface area contributed by atoms with Crippen LogP contribution in [0.2, 0.25) is 0 Å². The molecule has 5 nitrogen and oxygen atoms in total. The maximum absolute atomic E-state index is 11.5. The predicted molar refractivity (Wildman–Crippen MR) is 44.1 cm³/mol. The summed E-state index contributed by atoms with van der Waals surface area (Å²) in [6, 6.07) is 0. The number of carbonyl (C=O) groups is 2. The Kier molecular flexibility index (Phi) is 1.76. The summed E-state index contributed by atoms with van der Waals surface area (Å²) in [6.45, 7) is 0.605. The summed E-state index contributed by atoms with van der Waals surface area (Å²) in [7, 11) is 0. The Bertz CT molecular complexity index is 253. The van der Waals surface area contributed by atoms with Gasteiger partial charge in [0.1, 0.15) is 6.54 Å². The zero-order chi connectivity index (χ0) is 9.47. The summed E-state index contributed by atoms with van der Waals surface area (Å²) >= 11 is 0. The molecule has 5 heteroatoms. The smallest absolute Gasteiger partial charge is 0.322 e. The molecule has 0 spiro atoms. The van der Waals surface area contributed by atoms with Crippen molar-refractivity contribution in [3.63, 3.8) is 0 Å². The lowest BCUT2D eigenvalue weighted by molar-refractivity contribution is -0.139. The highest BCUT2D eigenvalue weighted by molar-refractivity contribution is 5.90. The maximum Gasteiger partial charge on any atom is 0.322 e. The van der Waals surface area contributed by atoms with E-state index in [0.717, 1.165) is 19.4 Å². The van der Waals surface area contributed by atoms with Crippen LogP contribution >= 0.6 is 0 Å². The van der Waals surface area contributed by atoms with E-state index in [1.165, 1.54) is 0 Å². The van der Waals surface area contributed by atoms with Gasteiger partial charge in [-0.3, -0.25) is 9.59 Å². The van der Waals surface area contributed by atoms with Gasteiger partial charge in [0.05, 0.1) is 5.54 Å². The zero-order valence-electron chi connectivity index (χ0n) is 7.17. The Morgan fingerprint density at radius 1 is 1.54 bits per heavy atom. The molecule has 13 heavy (non-hydrogen) atoms. The second-order valence-corrected chi connectivity index (χ2v) is 3.81. The highest BCUT2D eigenvalue weighted by atomic mass is 16.4. The number of hydrogen-bond donors (Lipinski definition) is 3. The molecule has 0 aromatic carbocycles. The molecule has 3 aliphatic rings. The molecule has 1 amide bonds. The Morgan fingerprint density at radius 2 is 2.23 bits per heavy atom. The number of carboxylic acids is 1. The minimum absolute atomic E-state index is 0.163. The lowest BCUT2D eigenvalue weighted by atomic mass is 9.73. The van der Waals surface area contributed by atoms with E-state index < -0.39 is 11.5 Å². The first kappa shape index (κ1) is 8.50. The Hall–Kier alpha value is -1.10.